The van der Waals surface area contributed by atoms with Gasteiger partial charge in [0.1, 0.15) is 5.75 Å². The van der Waals surface area contributed by atoms with Crippen LogP contribution in [0.3, 0.4) is 0 Å². The number of para-hydroxylation sites is 2. The van der Waals surface area contributed by atoms with Crippen molar-refractivity contribution in [1.82, 2.24) is 9.97 Å². The minimum Gasteiger partial charge on any atom is -0.482 e. The molecule has 0 saturated heterocycles. The van der Waals surface area contributed by atoms with Crippen molar-refractivity contribution in [2.75, 3.05) is 16.9 Å². The number of aromatic nitrogens is 2. The molecule has 0 atom stereocenters. The summed E-state index contributed by atoms with van der Waals surface area (Å²) < 4.78 is 5.39. The van der Waals surface area contributed by atoms with Crippen molar-refractivity contribution in [2.24, 2.45) is 5.84 Å². The van der Waals surface area contributed by atoms with Gasteiger partial charge in [-0.15, -0.1) is 0 Å². The smallest absolute Gasteiger partial charge is 0.265 e. The average Bonchev–Trinajstić information content (AvgIpc) is 2.51. The summed E-state index contributed by atoms with van der Waals surface area (Å²) in [6.45, 7) is 0.379. The zero-order chi connectivity index (χ0) is 13.9. The Labute approximate surface area is 115 Å². The van der Waals surface area contributed by atoms with Gasteiger partial charge in [-0.25, -0.2) is 10.8 Å². The number of rotatable bonds is 3. The molecular weight excluding hydrogens is 258 g/mol. The third kappa shape index (κ3) is 2.26. The Bertz CT molecular complexity index is 629. The lowest BCUT2D eigenvalue weighted by Crippen LogP contribution is -2.38. The molecular formula is C13H13N5O2. The summed E-state index contributed by atoms with van der Waals surface area (Å²) in [6.07, 6.45) is 3.10. The lowest BCUT2D eigenvalue weighted by Gasteiger charge is -2.28. The van der Waals surface area contributed by atoms with Crippen LogP contribution in [0.2, 0.25) is 0 Å². The summed E-state index contributed by atoms with van der Waals surface area (Å²) in [6, 6.07) is 7.41. The standard InChI is InChI=1S/C13H13N5O2/c14-17-12-6-15-9(5-16-12)7-18-10-3-1-2-4-11(10)20-8-13(18)19/h1-6H,7-8,14H2,(H,16,17). The van der Waals surface area contributed by atoms with Crippen molar-refractivity contribution in [3.63, 3.8) is 0 Å². The highest BCUT2D eigenvalue weighted by atomic mass is 16.5. The number of fused-ring (bicyclic) bond motifs is 1. The topological polar surface area (TPSA) is 93.4 Å². The second kappa shape index (κ2) is 5.14. The van der Waals surface area contributed by atoms with Crippen LogP contribution in [0, 0.1) is 0 Å². The van der Waals surface area contributed by atoms with Gasteiger partial charge < -0.3 is 10.2 Å². The predicted octanol–water partition coefficient (Wildman–Crippen LogP) is 0.688. The number of hydrogen-bond acceptors (Lipinski definition) is 6. The van der Waals surface area contributed by atoms with Crippen molar-refractivity contribution in [3.05, 3.63) is 42.4 Å². The molecule has 0 aliphatic carbocycles. The maximum atomic E-state index is 12.0. The number of anilines is 2. The van der Waals surface area contributed by atoms with Gasteiger partial charge in [0, 0.05) is 0 Å². The highest BCUT2D eigenvalue weighted by Crippen LogP contribution is 2.32. The molecule has 1 amide bonds. The van der Waals surface area contributed by atoms with Crippen LogP contribution >= 0.6 is 0 Å². The molecule has 1 aliphatic rings. The first-order chi connectivity index (χ1) is 9.78. The molecule has 0 fully saturated rings. The summed E-state index contributed by atoms with van der Waals surface area (Å²) in [7, 11) is 0. The van der Waals surface area contributed by atoms with E-state index in [9.17, 15) is 4.79 Å². The van der Waals surface area contributed by atoms with Crippen LogP contribution in [0.5, 0.6) is 5.75 Å². The van der Waals surface area contributed by atoms with E-state index in [4.69, 9.17) is 10.6 Å². The third-order valence-electron chi connectivity index (χ3n) is 2.98. The molecule has 20 heavy (non-hydrogen) atoms. The quantitative estimate of drug-likeness (QED) is 0.630. The van der Waals surface area contributed by atoms with Crippen LogP contribution in [0.15, 0.2) is 36.7 Å². The van der Waals surface area contributed by atoms with Crippen molar-refractivity contribution >= 4 is 17.4 Å². The van der Waals surface area contributed by atoms with Crippen molar-refractivity contribution < 1.29 is 9.53 Å². The maximum absolute atomic E-state index is 12.0. The molecule has 0 saturated carbocycles. The SMILES string of the molecule is NNc1cnc(CN2C(=O)COc3ccccc32)cn1. The minimum atomic E-state index is -0.105. The third-order valence-corrected chi connectivity index (χ3v) is 2.98. The normalized spacial score (nSPS) is 13.7. The van der Waals surface area contributed by atoms with E-state index in [1.54, 1.807) is 11.1 Å². The fourth-order valence-corrected chi connectivity index (χ4v) is 2.00. The highest BCUT2D eigenvalue weighted by molar-refractivity contribution is 5.97. The molecule has 2 aromatic rings. The summed E-state index contributed by atoms with van der Waals surface area (Å²) in [5.74, 6) is 6.30. The van der Waals surface area contributed by atoms with E-state index < -0.39 is 0 Å². The van der Waals surface area contributed by atoms with Crippen molar-refractivity contribution in [3.8, 4) is 5.75 Å². The van der Waals surface area contributed by atoms with E-state index >= 15 is 0 Å². The number of nitrogens with one attached hydrogen (secondary N) is 1. The second-order valence-electron chi connectivity index (χ2n) is 4.27. The Balaban J connectivity index is 1.87. The van der Waals surface area contributed by atoms with Crippen molar-refractivity contribution in [2.45, 2.75) is 6.54 Å². The largest absolute Gasteiger partial charge is 0.482 e. The summed E-state index contributed by atoms with van der Waals surface area (Å²) >= 11 is 0. The molecule has 3 rings (SSSR count). The molecule has 0 bridgehead atoms. The first kappa shape index (κ1) is 12.4. The molecule has 1 aromatic heterocycles. The monoisotopic (exact) mass is 271 g/mol. The van der Waals surface area contributed by atoms with Gasteiger partial charge in [0.15, 0.2) is 12.4 Å². The number of hydrogen-bond donors (Lipinski definition) is 2. The van der Waals surface area contributed by atoms with E-state index in [0.717, 1.165) is 5.69 Å². The van der Waals surface area contributed by atoms with Crippen LogP contribution in [0.25, 0.3) is 0 Å². The molecule has 2 heterocycles. The first-order valence-electron chi connectivity index (χ1n) is 6.07. The van der Waals surface area contributed by atoms with Gasteiger partial charge in [0.25, 0.3) is 5.91 Å². The van der Waals surface area contributed by atoms with Gasteiger partial charge in [-0.05, 0) is 12.1 Å². The zero-order valence-corrected chi connectivity index (χ0v) is 10.6. The Hall–Kier alpha value is -2.67. The van der Waals surface area contributed by atoms with Crippen molar-refractivity contribution in [1.29, 1.82) is 0 Å². The van der Waals surface area contributed by atoms with Gasteiger partial charge >= 0.3 is 0 Å². The Morgan fingerprint density at radius 1 is 1.30 bits per heavy atom. The number of benzene rings is 1. The van der Waals surface area contributed by atoms with Crippen LogP contribution in [-0.2, 0) is 11.3 Å². The molecule has 0 spiro atoms. The van der Waals surface area contributed by atoms with Crippen LogP contribution in [0.1, 0.15) is 5.69 Å². The lowest BCUT2D eigenvalue weighted by molar-refractivity contribution is -0.121. The maximum Gasteiger partial charge on any atom is 0.265 e. The van der Waals surface area contributed by atoms with E-state index in [1.807, 2.05) is 24.3 Å². The second-order valence-corrected chi connectivity index (χ2v) is 4.27. The fourth-order valence-electron chi connectivity index (χ4n) is 2.00. The number of nitrogens with zero attached hydrogens (tertiary/aromatic N) is 3. The summed E-state index contributed by atoms with van der Waals surface area (Å²) in [5.41, 5.74) is 3.83. The van der Waals surface area contributed by atoms with Crippen LogP contribution < -0.4 is 20.9 Å². The number of amides is 1. The molecule has 3 N–H and O–H groups in total. The number of hydrazine groups is 1. The Morgan fingerprint density at radius 2 is 2.15 bits per heavy atom. The highest BCUT2D eigenvalue weighted by Gasteiger charge is 2.25. The Kier molecular flexibility index (Phi) is 3.18. The van der Waals surface area contributed by atoms with Gasteiger partial charge in [0.05, 0.1) is 30.3 Å². The minimum absolute atomic E-state index is 0.0346. The van der Waals surface area contributed by atoms with E-state index in [0.29, 0.717) is 23.8 Å². The molecule has 7 heteroatoms. The predicted molar refractivity (Wildman–Crippen MR) is 73.0 cm³/mol. The molecule has 0 unspecified atom stereocenters. The number of nitrogens with two attached hydrogens (primary N) is 1. The zero-order valence-electron chi connectivity index (χ0n) is 10.6. The lowest BCUT2D eigenvalue weighted by atomic mass is 10.2. The molecule has 1 aromatic carbocycles. The summed E-state index contributed by atoms with van der Waals surface area (Å²) in [4.78, 5) is 21.9. The first-order valence-corrected chi connectivity index (χ1v) is 6.07. The number of ether oxygens (including phenoxy) is 1. The van der Waals surface area contributed by atoms with E-state index in [-0.39, 0.29) is 12.5 Å². The number of carbonyl (C=O) groups excluding carboxylic acids is 1. The van der Waals surface area contributed by atoms with E-state index in [1.165, 1.54) is 6.20 Å². The van der Waals surface area contributed by atoms with Crippen LogP contribution in [0.4, 0.5) is 11.5 Å². The van der Waals surface area contributed by atoms with Gasteiger partial charge in [-0.3, -0.25) is 14.7 Å². The van der Waals surface area contributed by atoms with Gasteiger partial charge in [-0.1, -0.05) is 12.1 Å². The van der Waals surface area contributed by atoms with Crippen LogP contribution in [-0.4, -0.2) is 22.5 Å². The Morgan fingerprint density at radius 3 is 2.90 bits per heavy atom. The van der Waals surface area contributed by atoms with Gasteiger partial charge in [-0.2, -0.15) is 0 Å². The molecule has 7 nitrogen and oxygen atoms in total. The fraction of sp³-hybridized carbons (Fsp3) is 0.154. The molecule has 0 radical (unpaired) electrons. The molecule has 1 aliphatic heterocycles. The van der Waals surface area contributed by atoms with Gasteiger partial charge in [0.2, 0.25) is 0 Å². The summed E-state index contributed by atoms with van der Waals surface area (Å²) in [5, 5.41) is 0. The van der Waals surface area contributed by atoms with E-state index in [2.05, 4.69) is 15.4 Å². The average molecular weight is 271 g/mol. The molecule has 102 valence electrons. The number of nitrogen functional groups attached to an aromatic ring is 1. The number of carbonyl (C=O) groups is 1.